The van der Waals surface area contributed by atoms with E-state index in [1.807, 2.05) is 44.2 Å². The van der Waals surface area contributed by atoms with Crippen LogP contribution in [-0.4, -0.2) is 28.5 Å². The zero-order valence-corrected chi connectivity index (χ0v) is 16.6. The zero-order valence-electron chi connectivity index (χ0n) is 16.6. The van der Waals surface area contributed by atoms with E-state index in [0.717, 1.165) is 16.8 Å². The number of anilines is 2. The molecule has 1 N–H and O–H groups in total. The molecule has 148 valence electrons. The lowest BCUT2D eigenvalue weighted by molar-refractivity contribution is -0.122. The molecule has 7 heteroatoms. The Kier molecular flexibility index (Phi) is 4.88. The number of rotatable bonds is 4. The lowest BCUT2D eigenvalue weighted by atomic mass is 10.1. The first-order valence-electron chi connectivity index (χ1n) is 9.50. The van der Waals surface area contributed by atoms with E-state index in [0.29, 0.717) is 23.9 Å². The van der Waals surface area contributed by atoms with Gasteiger partial charge in [0.15, 0.2) is 0 Å². The molecule has 7 nitrogen and oxygen atoms in total. The van der Waals surface area contributed by atoms with E-state index in [-0.39, 0.29) is 18.2 Å². The van der Waals surface area contributed by atoms with E-state index < -0.39 is 5.92 Å². The highest BCUT2D eigenvalue weighted by Crippen LogP contribution is 2.28. The van der Waals surface area contributed by atoms with E-state index in [2.05, 4.69) is 15.5 Å². The van der Waals surface area contributed by atoms with Crippen molar-refractivity contribution in [3.8, 4) is 11.4 Å². The van der Waals surface area contributed by atoms with Crippen molar-refractivity contribution < 1.29 is 14.1 Å². The number of benzene rings is 2. The first-order chi connectivity index (χ1) is 13.9. The third-order valence-electron chi connectivity index (χ3n) is 5.21. The molecule has 0 aliphatic carbocycles. The smallest absolute Gasteiger partial charge is 0.229 e. The highest BCUT2D eigenvalue weighted by molar-refractivity contribution is 6.03. The summed E-state index contributed by atoms with van der Waals surface area (Å²) in [5.74, 6) is 0.330. The minimum absolute atomic E-state index is 0.0376. The molecule has 2 heterocycles. The van der Waals surface area contributed by atoms with Crippen LogP contribution in [0.2, 0.25) is 0 Å². The molecule has 0 saturated carbocycles. The fraction of sp³-hybridized carbons (Fsp3) is 0.273. The van der Waals surface area contributed by atoms with Gasteiger partial charge >= 0.3 is 0 Å². The Labute approximate surface area is 168 Å². The lowest BCUT2D eigenvalue weighted by Gasteiger charge is -2.18. The molecule has 1 saturated heterocycles. The molecule has 1 aliphatic rings. The Hall–Kier alpha value is -3.48. The number of amides is 2. The third-order valence-corrected chi connectivity index (χ3v) is 5.21. The summed E-state index contributed by atoms with van der Waals surface area (Å²) in [5, 5.41) is 6.81. The van der Waals surface area contributed by atoms with Crippen LogP contribution in [0.4, 0.5) is 11.4 Å². The first-order valence-corrected chi connectivity index (χ1v) is 9.50. The van der Waals surface area contributed by atoms with Crippen molar-refractivity contribution >= 4 is 23.2 Å². The van der Waals surface area contributed by atoms with Gasteiger partial charge in [-0.05, 0) is 49.2 Å². The molecule has 3 aromatic rings. The van der Waals surface area contributed by atoms with Gasteiger partial charge in [-0.1, -0.05) is 23.4 Å². The van der Waals surface area contributed by atoms with E-state index in [4.69, 9.17) is 4.52 Å². The van der Waals surface area contributed by atoms with Crippen molar-refractivity contribution in [3.05, 3.63) is 59.5 Å². The maximum absolute atomic E-state index is 12.8. The highest BCUT2D eigenvalue weighted by atomic mass is 16.5. The normalized spacial score (nSPS) is 16.3. The highest BCUT2D eigenvalue weighted by Gasteiger charge is 2.35. The number of carbonyl (C=O) groups excluding carboxylic acids is 2. The number of hydrogen-bond donors (Lipinski definition) is 1. The number of aryl methyl sites for hydroxylation is 3. The first kappa shape index (κ1) is 18.9. The van der Waals surface area contributed by atoms with Crippen molar-refractivity contribution in [1.82, 2.24) is 10.1 Å². The number of aromatic nitrogens is 2. The summed E-state index contributed by atoms with van der Waals surface area (Å²) in [6.07, 6.45) is 0.197. The van der Waals surface area contributed by atoms with Crippen molar-refractivity contribution in [3.63, 3.8) is 0 Å². The summed E-state index contributed by atoms with van der Waals surface area (Å²) in [7, 11) is 0. The fourth-order valence-electron chi connectivity index (χ4n) is 3.42. The third kappa shape index (κ3) is 3.89. The Morgan fingerprint density at radius 2 is 1.97 bits per heavy atom. The lowest BCUT2D eigenvalue weighted by Crippen LogP contribution is -2.28. The van der Waals surface area contributed by atoms with Gasteiger partial charge in [0, 0.05) is 36.8 Å². The fourth-order valence-corrected chi connectivity index (χ4v) is 3.42. The van der Waals surface area contributed by atoms with Crippen molar-refractivity contribution in [2.24, 2.45) is 5.92 Å². The van der Waals surface area contributed by atoms with Crippen molar-refractivity contribution in [1.29, 1.82) is 0 Å². The van der Waals surface area contributed by atoms with Crippen LogP contribution in [0.5, 0.6) is 0 Å². The number of carbonyl (C=O) groups is 2. The van der Waals surface area contributed by atoms with Gasteiger partial charge in [-0.15, -0.1) is 0 Å². The minimum atomic E-state index is -0.403. The SMILES string of the molecule is Cc1nc(-c2cccc(NC(=O)[C@@H]3CC(=O)N(c4ccc(C)c(C)c4)C3)c2)no1. The van der Waals surface area contributed by atoms with Gasteiger partial charge in [0.2, 0.25) is 23.5 Å². The summed E-state index contributed by atoms with van der Waals surface area (Å²) in [6.45, 7) is 6.14. The average molecular weight is 390 g/mol. The number of hydrogen-bond acceptors (Lipinski definition) is 5. The minimum Gasteiger partial charge on any atom is -0.339 e. The number of nitrogens with one attached hydrogen (secondary N) is 1. The summed E-state index contributed by atoms with van der Waals surface area (Å²) in [6, 6.07) is 13.2. The molecular formula is C22H22N4O3. The summed E-state index contributed by atoms with van der Waals surface area (Å²) in [5.41, 5.74) is 4.51. The Morgan fingerprint density at radius 1 is 1.14 bits per heavy atom. The Morgan fingerprint density at radius 3 is 2.69 bits per heavy atom. The predicted octanol–water partition coefficient (Wildman–Crippen LogP) is 3.65. The predicted molar refractivity (Wildman–Crippen MR) is 109 cm³/mol. The van der Waals surface area contributed by atoms with E-state index in [1.54, 1.807) is 24.0 Å². The average Bonchev–Trinajstić information content (AvgIpc) is 3.30. The van der Waals surface area contributed by atoms with Crippen molar-refractivity contribution in [2.45, 2.75) is 27.2 Å². The van der Waals surface area contributed by atoms with Gasteiger partial charge in [0.1, 0.15) is 0 Å². The standard InChI is InChI=1S/C22H22N4O3/c1-13-7-8-19(9-14(13)2)26-12-17(11-20(26)27)22(28)24-18-6-4-5-16(10-18)21-23-15(3)29-25-21/h4-10,17H,11-12H2,1-3H3,(H,24,28)/t17-/m1/s1. The van der Waals surface area contributed by atoms with Gasteiger partial charge in [0.25, 0.3) is 0 Å². The molecule has 2 amide bonds. The maximum Gasteiger partial charge on any atom is 0.229 e. The van der Waals surface area contributed by atoms with E-state index in [9.17, 15) is 9.59 Å². The Balaban J connectivity index is 1.47. The molecule has 1 atom stereocenters. The van der Waals surface area contributed by atoms with E-state index in [1.165, 1.54) is 5.56 Å². The quantitative estimate of drug-likeness (QED) is 0.735. The van der Waals surface area contributed by atoms with Crippen molar-refractivity contribution in [2.75, 3.05) is 16.8 Å². The second-order valence-electron chi connectivity index (χ2n) is 7.38. The molecule has 1 aliphatic heterocycles. The maximum atomic E-state index is 12.8. The molecule has 1 aromatic heterocycles. The molecule has 2 aromatic carbocycles. The van der Waals surface area contributed by atoms with Crippen LogP contribution < -0.4 is 10.2 Å². The van der Waals surface area contributed by atoms with Gasteiger partial charge in [-0.3, -0.25) is 9.59 Å². The summed E-state index contributed by atoms with van der Waals surface area (Å²) >= 11 is 0. The molecule has 29 heavy (non-hydrogen) atoms. The molecular weight excluding hydrogens is 368 g/mol. The van der Waals surface area contributed by atoms with Crippen LogP contribution in [0.25, 0.3) is 11.4 Å². The second-order valence-corrected chi connectivity index (χ2v) is 7.38. The van der Waals surface area contributed by atoms with E-state index >= 15 is 0 Å². The van der Waals surface area contributed by atoms with Crippen LogP contribution >= 0.6 is 0 Å². The molecule has 1 fully saturated rings. The van der Waals surface area contributed by atoms with Crippen LogP contribution in [0.3, 0.4) is 0 Å². The topological polar surface area (TPSA) is 88.3 Å². The molecule has 0 radical (unpaired) electrons. The van der Waals surface area contributed by atoms with Crippen LogP contribution in [0.15, 0.2) is 47.0 Å². The number of nitrogens with zero attached hydrogens (tertiary/aromatic N) is 3. The van der Waals surface area contributed by atoms with Crippen LogP contribution in [-0.2, 0) is 9.59 Å². The second kappa shape index (κ2) is 7.50. The van der Waals surface area contributed by atoms with Crippen LogP contribution in [0, 0.1) is 26.7 Å². The molecule has 0 bridgehead atoms. The molecule has 0 spiro atoms. The summed E-state index contributed by atoms with van der Waals surface area (Å²) < 4.78 is 5.01. The zero-order chi connectivity index (χ0) is 20.5. The van der Waals surface area contributed by atoms with Gasteiger partial charge < -0.3 is 14.7 Å². The van der Waals surface area contributed by atoms with Gasteiger partial charge in [0.05, 0.1) is 5.92 Å². The van der Waals surface area contributed by atoms with Crippen LogP contribution in [0.1, 0.15) is 23.4 Å². The van der Waals surface area contributed by atoms with Gasteiger partial charge in [-0.25, -0.2) is 0 Å². The largest absolute Gasteiger partial charge is 0.339 e. The van der Waals surface area contributed by atoms with Gasteiger partial charge in [-0.2, -0.15) is 4.98 Å². The molecule has 0 unspecified atom stereocenters. The molecule has 4 rings (SSSR count). The Bertz CT molecular complexity index is 1090. The summed E-state index contributed by atoms with van der Waals surface area (Å²) in [4.78, 5) is 31.2. The monoisotopic (exact) mass is 390 g/mol.